The molecule has 0 amide bonds. The number of non-ortho nitro benzene ring substituents is 1. The summed E-state index contributed by atoms with van der Waals surface area (Å²) in [4.78, 5) is 15.9. The molecular weight excluding hydrogens is 422 g/mol. The van der Waals surface area contributed by atoms with Gasteiger partial charge in [0.05, 0.1) is 20.3 Å². The van der Waals surface area contributed by atoms with Gasteiger partial charge >= 0.3 is 0 Å². The fourth-order valence-corrected chi connectivity index (χ4v) is 5.30. The second-order valence-corrected chi connectivity index (χ2v) is 11.6. The van der Waals surface area contributed by atoms with E-state index in [9.17, 15) is 26.9 Å². The molecular formula is C16H25N5O6S2. The van der Waals surface area contributed by atoms with Gasteiger partial charge in [0.15, 0.2) is 15.8 Å². The number of nitro groups is 1. The lowest BCUT2D eigenvalue weighted by Gasteiger charge is -2.39. The van der Waals surface area contributed by atoms with Crippen LogP contribution in [-0.4, -0.2) is 76.3 Å². The molecule has 0 aromatic heterocycles. The van der Waals surface area contributed by atoms with Crippen LogP contribution in [0.25, 0.3) is 0 Å². The zero-order valence-corrected chi connectivity index (χ0v) is 18.1. The number of benzene rings is 1. The summed E-state index contributed by atoms with van der Waals surface area (Å²) >= 11 is 0. The first-order valence-electron chi connectivity index (χ1n) is 8.82. The Morgan fingerprint density at radius 2 is 2.03 bits per heavy atom. The number of rotatable bonds is 6. The van der Waals surface area contributed by atoms with Gasteiger partial charge in [-0.3, -0.25) is 15.1 Å². The molecule has 1 heterocycles. The maximum atomic E-state index is 12.3. The van der Waals surface area contributed by atoms with Crippen molar-refractivity contribution in [3.05, 3.63) is 34.4 Å². The lowest BCUT2D eigenvalue weighted by atomic mass is 10.2. The summed E-state index contributed by atoms with van der Waals surface area (Å²) in [5.74, 6) is 0.489. The molecule has 0 radical (unpaired) electrons. The molecule has 162 valence electrons. The number of aliphatic imine (C=N–C) groups is 1. The van der Waals surface area contributed by atoms with Crippen molar-refractivity contribution >= 4 is 31.5 Å². The van der Waals surface area contributed by atoms with Crippen LogP contribution in [0.3, 0.4) is 0 Å². The Hall–Kier alpha value is -2.25. The van der Waals surface area contributed by atoms with E-state index in [1.807, 2.05) is 4.90 Å². The van der Waals surface area contributed by atoms with Gasteiger partial charge in [0.2, 0.25) is 10.0 Å². The van der Waals surface area contributed by atoms with E-state index in [1.54, 1.807) is 20.9 Å². The van der Waals surface area contributed by atoms with Crippen molar-refractivity contribution < 1.29 is 21.8 Å². The predicted octanol–water partition coefficient (Wildman–Crippen LogP) is -0.0425. The number of hydrogen-bond donors (Lipinski definition) is 2. The normalized spacial score (nSPS) is 19.0. The molecule has 13 heteroatoms. The number of hydrogen-bond acceptors (Lipinski definition) is 7. The number of guanidine groups is 1. The molecule has 0 aliphatic carbocycles. The number of nitro benzene ring substituents is 1. The smallest absolute Gasteiger partial charge is 0.270 e. The van der Waals surface area contributed by atoms with E-state index >= 15 is 0 Å². The predicted molar refractivity (Wildman–Crippen MR) is 109 cm³/mol. The summed E-state index contributed by atoms with van der Waals surface area (Å²) in [5, 5.41) is 13.8. The quantitative estimate of drug-likeness (QED) is 0.203. The van der Waals surface area contributed by atoms with E-state index in [0.717, 1.165) is 6.07 Å². The minimum atomic E-state index is -3.91. The molecule has 1 aliphatic rings. The highest BCUT2D eigenvalue weighted by Gasteiger charge is 2.40. The summed E-state index contributed by atoms with van der Waals surface area (Å²) in [6.45, 7) is 4.10. The summed E-state index contributed by atoms with van der Waals surface area (Å²) in [6.07, 6.45) is 0. The second kappa shape index (κ2) is 8.63. The summed E-state index contributed by atoms with van der Waals surface area (Å²) < 4.78 is 50.3. The van der Waals surface area contributed by atoms with Crippen molar-refractivity contribution in [3.8, 4) is 0 Å². The lowest BCUT2D eigenvalue weighted by Crippen LogP contribution is -2.57. The van der Waals surface area contributed by atoms with Gasteiger partial charge in [-0.25, -0.2) is 21.6 Å². The summed E-state index contributed by atoms with van der Waals surface area (Å²) in [7, 11) is -5.53. The average Bonchev–Trinajstić information content (AvgIpc) is 2.64. The first-order chi connectivity index (χ1) is 13.4. The molecule has 1 aromatic carbocycles. The van der Waals surface area contributed by atoms with Crippen LogP contribution < -0.4 is 10.0 Å². The van der Waals surface area contributed by atoms with E-state index < -0.39 is 29.5 Å². The van der Waals surface area contributed by atoms with Crippen molar-refractivity contribution in [1.29, 1.82) is 0 Å². The fraction of sp³-hybridized carbons (Fsp3) is 0.562. The fourth-order valence-electron chi connectivity index (χ4n) is 2.86. The van der Waals surface area contributed by atoms with Gasteiger partial charge in [0, 0.05) is 45.4 Å². The van der Waals surface area contributed by atoms with E-state index in [2.05, 4.69) is 15.0 Å². The Morgan fingerprint density at radius 3 is 2.62 bits per heavy atom. The Morgan fingerprint density at radius 1 is 1.34 bits per heavy atom. The van der Waals surface area contributed by atoms with Gasteiger partial charge in [0.1, 0.15) is 0 Å². The van der Waals surface area contributed by atoms with Crippen LogP contribution in [0.5, 0.6) is 0 Å². The molecule has 1 saturated heterocycles. The van der Waals surface area contributed by atoms with Crippen molar-refractivity contribution in [2.45, 2.75) is 23.5 Å². The number of sulfonamides is 1. The third-order valence-electron chi connectivity index (χ3n) is 4.59. The molecule has 0 atom stereocenters. The van der Waals surface area contributed by atoms with E-state index in [0.29, 0.717) is 12.5 Å². The highest BCUT2D eigenvalue weighted by Crippen LogP contribution is 2.23. The van der Waals surface area contributed by atoms with Crippen molar-refractivity contribution in [2.75, 3.05) is 39.0 Å². The molecule has 0 spiro atoms. The number of sulfone groups is 1. The summed E-state index contributed by atoms with van der Waals surface area (Å²) in [5.41, 5.74) is -0.311. The molecule has 1 aromatic rings. The minimum Gasteiger partial charge on any atom is -0.355 e. The van der Waals surface area contributed by atoms with E-state index in [-0.39, 0.29) is 36.0 Å². The molecule has 0 bridgehead atoms. The molecule has 11 nitrogen and oxygen atoms in total. The molecule has 1 fully saturated rings. The maximum Gasteiger partial charge on any atom is 0.270 e. The Balaban J connectivity index is 1.94. The monoisotopic (exact) mass is 447 g/mol. The van der Waals surface area contributed by atoms with Gasteiger partial charge in [0.25, 0.3) is 5.69 Å². The van der Waals surface area contributed by atoms with E-state index in [1.165, 1.54) is 18.2 Å². The van der Waals surface area contributed by atoms with Gasteiger partial charge in [-0.2, -0.15) is 0 Å². The van der Waals surface area contributed by atoms with E-state index in [4.69, 9.17) is 0 Å². The first kappa shape index (κ1) is 23.0. The molecule has 0 unspecified atom stereocenters. The molecule has 2 N–H and O–H groups in total. The molecule has 0 saturated carbocycles. The molecule has 1 aliphatic heterocycles. The SMILES string of the molecule is CN=C(NCCNS(=O)(=O)c1cccc([N+](=O)[O-])c1)N1CCS(=O)(=O)C(C)(C)C1. The van der Waals surface area contributed by atoms with Gasteiger partial charge < -0.3 is 10.2 Å². The van der Waals surface area contributed by atoms with Crippen LogP contribution in [0.4, 0.5) is 5.69 Å². The zero-order chi connectivity index (χ0) is 21.9. The van der Waals surface area contributed by atoms with Gasteiger partial charge in [-0.15, -0.1) is 0 Å². The van der Waals surface area contributed by atoms with Crippen molar-refractivity contribution in [3.63, 3.8) is 0 Å². The van der Waals surface area contributed by atoms with Crippen molar-refractivity contribution in [2.24, 2.45) is 4.99 Å². The molecule has 29 heavy (non-hydrogen) atoms. The van der Waals surface area contributed by atoms with Crippen molar-refractivity contribution in [1.82, 2.24) is 14.9 Å². The number of nitrogens with zero attached hydrogens (tertiary/aromatic N) is 3. The average molecular weight is 448 g/mol. The highest BCUT2D eigenvalue weighted by atomic mass is 32.2. The van der Waals surface area contributed by atoms with Crippen LogP contribution in [-0.2, 0) is 19.9 Å². The van der Waals surface area contributed by atoms with Crippen LogP contribution in [0.15, 0.2) is 34.2 Å². The number of nitrogens with one attached hydrogen (secondary N) is 2. The first-order valence-corrected chi connectivity index (χ1v) is 12.0. The van der Waals surface area contributed by atoms with Gasteiger partial charge in [-0.05, 0) is 19.9 Å². The third kappa shape index (κ3) is 5.42. The maximum absolute atomic E-state index is 12.3. The van der Waals surface area contributed by atoms with Crippen LogP contribution in [0, 0.1) is 10.1 Å². The summed E-state index contributed by atoms with van der Waals surface area (Å²) in [6, 6.07) is 4.78. The lowest BCUT2D eigenvalue weighted by molar-refractivity contribution is -0.385. The Kier molecular flexibility index (Phi) is 6.86. The highest BCUT2D eigenvalue weighted by molar-refractivity contribution is 7.92. The third-order valence-corrected chi connectivity index (χ3v) is 8.59. The minimum absolute atomic E-state index is 0.0135. The second-order valence-electron chi connectivity index (χ2n) is 7.13. The van der Waals surface area contributed by atoms with Crippen LogP contribution in [0.2, 0.25) is 0 Å². The largest absolute Gasteiger partial charge is 0.355 e. The van der Waals surface area contributed by atoms with Gasteiger partial charge in [-0.1, -0.05) is 6.07 Å². The standard InChI is InChI=1S/C16H25N5O6S2/c1-16(2)12-20(9-10-28(16,24)25)15(17-3)18-7-8-19-29(26,27)14-6-4-5-13(11-14)21(22)23/h4-6,11,19H,7-10,12H2,1-3H3,(H,17,18). The Labute approximate surface area is 170 Å². The Bertz CT molecular complexity index is 1000. The van der Waals surface area contributed by atoms with Crippen LogP contribution in [0.1, 0.15) is 13.8 Å². The van der Waals surface area contributed by atoms with Crippen LogP contribution >= 0.6 is 0 Å². The molecule has 2 rings (SSSR count). The topological polar surface area (TPSA) is 151 Å². The zero-order valence-electron chi connectivity index (χ0n) is 16.5.